The van der Waals surface area contributed by atoms with Gasteiger partial charge in [-0.2, -0.15) is 4.98 Å². The summed E-state index contributed by atoms with van der Waals surface area (Å²) in [6, 6.07) is 4.90. The number of nitrogens with zero attached hydrogens (tertiary/aromatic N) is 4. The van der Waals surface area contributed by atoms with E-state index in [1.807, 2.05) is 0 Å². The number of hydrogen-bond acceptors (Lipinski definition) is 7. The highest BCUT2D eigenvalue weighted by atomic mass is 32.2. The summed E-state index contributed by atoms with van der Waals surface area (Å²) in [4.78, 5) is 28.8. The lowest BCUT2D eigenvalue weighted by Crippen LogP contribution is -2.37. The van der Waals surface area contributed by atoms with Gasteiger partial charge in [-0.3, -0.25) is 13.9 Å². The lowest BCUT2D eigenvalue weighted by atomic mass is 10.2. The Labute approximate surface area is 166 Å². The first-order chi connectivity index (χ1) is 13.6. The van der Waals surface area contributed by atoms with E-state index < -0.39 is 26.8 Å². The number of sulfone groups is 1. The van der Waals surface area contributed by atoms with Crippen molar-refractivity contribution < 1.29 is 17.9 Å². The van der Waals surface area contributed by atoms with Gasteiger partial charge in [0.25, 0.3) is 5.56 Å². The van der Waals surface area contributed by atoms with Gasteiger partial charge in [0.05, 0.1) is 19.5 Å². The maximum absolute atomic E-state index is 13.2. The monoisotopic (exact) mass is 422 g/mol. The molecule has 2 aromatic heterocycles. The second-order valence-corrected chi connectivity index (χ2v) is 8.38. The van der Waals surface area contributed by atoms with Crippen LogP contribution in [0.2, 0.25) is 0 Å². The summed E-state index contributed by atoms with van der Waals surface area (Å²) in [7, 11) is 1.70. The van der Waals surface area contributed by atoms with E-state index in [1.54, 1.807) is 25.1 Å². The molecule has 0 bridgehead atoms. The molecule has 0 aliphatic carbocycles. The van der Waals surface area contributed by atoms with Crippen LogP contribution in [0.25, 0.3) is 11.2 Å². The highest BCUT2D eigenvalue weighted by Gasteiger charge is 2.27. The lowest BCUT2D eigenvalue weighted by molar-refractivity contribution is 0.336. The zero-order valence-electron chi connectivity index (χ0n) is 16.8. The van der Waals surface area contributed by atoms with Crippen molar-refractivity contribution in [1.82, 2.24) is 18.7 Å². The number of rotatable bonds is 6. The van der Waals surface area contributed by atoms with Crippen LogP contribution in [0.4, 0.5) is 0 Å². The zero-order chi connectivity index (χ0) is 21.5. The van der Waals surface area contributed by atoms with E-state index in [0.29, 0.717) is 23.7 Å². The molecule has 0 fully saturated rings. The Bertz CT molecular complexity index is 1320. The third-order valence-electron chi connectivity index (χ3n) is 4.63. The molecule has 0 radical (unpaired) electrons. The fourth-order valence-electron chi connectivity index (χ4n) is 3.14. The lowest BCUT2D eigenvalue weighted by Gasteiger charge is -2.12. The molecular formula is C18H22N4O6S. The van der Waals surface area contributed by atoms with E-state index in [-0.39, 0.29) is 16.3 Å². The molecule has 10 nitrogen and oxygen atoms in total. The van der Waals surface area contributed by atoms with Crippen LogP contribution >= 0.6 is 0 Å². The van der Waals surface area contributed by atoms with Crippen LogP contribution in [0.3, 0.4) is 0 Å². The second kappa shape index (κ2) is 7.39. The summed E-state index contributed by atoms with van der Waals surface area (Å²) >= 11 is 0. The number of hydrogen-bond donors (Lipinski definition) is 0. The molecule has 3 rings (SSSR count). The SMILES string of the molecule is CCOc1ccc(OC)cc1CS(=O)(=O)c1nc2c(c(=O)n(C)c(=O)n2C)n1C. The Morgan fingerprint density at radius 1 is 1.07 bits per heavy atom. The minimum Gasteiger partial charge on any atom is -0.497 e. The molecule has 0 saturated heterocycles. The summed E-state index contributed by atoms with van der Waals surface area (Å²) in [5, 5.41) is -0.309. The highest BCUT2D eigenvalue weighted by Crippen LogP contribution is 2.28. The van der Waals surface area contributed by atoms with E-state index in [9.17, 15) is 18.0 Å². The molecular weight excluding hydrogens is 400 g/mol. The number of aryl methyl sites for hydroxylation is 2. The maximum atomic E-state index is 13.2. The van der Waals surface area contributed by atoms with E-state index >= 15 is 0 Å². The Kier molecular flexibility index (Phi) is 5.26. The summed E-state index contributed by atoms with van der Waals surface area (Å²) in [6.07, 6.45) is 0. The smallest absolute Gasteiger partial charge is 0.332 e. The van der Waals surface area contributed by atoms with Crippen molar-refractivity contribution in [2.75, 3.05) is 13.7 Å². The van der Waals surface area contributed by atoms with Gasteiger partial charge in [0.2, 0.25) is 15.0 Å². The molecule has 29 heavy (non-hydrogen) atoms. The van der Waals surface area contributed by atoms with Crippen molar-refractivity contribution >= 4 is 21.0 Å². The molecule has 2 heterocycles. The minimum absolute atomic E-state index is 0.00912. The van der Waals surface area contributed by atoms with E-state index in [4.69, 9.17) is 9.47 Å². The van der Waals surface area contributed by atoms with Crippen LogP contribution < -0.4 is 20.7 Å². The number of aromatic nitrogens is 4. The molecule has 0 saturated carbocycles. The summed E-state index contributed by atoms with van der Waals surface area (Å²) < 4.78 is 40.3. The quantitative estimate of drug-likeness (QED) is 0.563. The Hall–Kier alpha value is -3.08. The summed E-state index contributed by atoms with van der Waals surface area (Å²) in [6.45, 7) is 2.16. The molecule has 156 valence electrons. The van der Waals surface area contributed by atoms with Gasteiger partial charge < -0.3 is 14.0 Å². The van der Waals surface area contributed by atoms with Gasteiger partial charge in [-0.15, -0.1) is 0 Å². The standard InChI is InChI=1S/C18H22N4O6S/c1-6-28-13-8-7-12(27-5)9-11(13)10-29(25,26)17-19-15-14(20(17)2)16(23)22(4)18(24)21(15)3/h7-9H,6,10H2,1-5H3. The van der Waals surface area contributed by atoms with Crippen LogP contribution in [-0.2, 0) is 36.7 Å². The molecule has 0 aliphatic heterocycles. The molecule has 0 N–H and O–H groups in total. The molecule has 11 heteroatoms. The molecule has 0 spiro atoms. The van der Waals surface area contributed by atoms with Crippen molar-refractivity contribution in [3.8, 4) is 11.5 Å². The number of imidazole rings is 1. The van der Waals surface area contributed by atoms with Crippen molar-refractivity contribution in [1.29, 1.82) is 0 Å². The van der Waals surface area contributed by atoms with Gasteiger partial charge in [-0.1, -0.05) is 0 Å². The minimum atomic E-state index is -3.98. The van der Waals surface area contributed by atoms with Crippen molar-refractivity contribution in [2.24, 2.45) is 21.1 Å². The van der Waals surface area contributed by atoms with E-state index in [0.717, 1.165) is 9.13 Å². The van der Waals surface area contributed by atoms with Crippen LogP contribution in [0, 0.1) is 0 Å². The summed E-state index contributed by atoms with van der Waals surface area (Å²) in [5.41, 5.74) is -0.759. The average molecular weight is 422 g/mol. The predicted molar refractivity (Wildman–Crippen MR) is 106 cm³/mol. The number of ether oxygens (including phenoxy) is 2. The van der Waals surface area contributed by atoms with Gasteiger partial charge in [-0.25, -0.2) is 13.2 Å². The van der Waals surface area contributed by atoms with Gasteiger partial charge in [-0.05, 0) is 25.1 Å². The van der Waals surface area contributed by atoms with Gasteiger partial charge in [0.15, 0.2) is 11.2 Å². The molecule has 0 atom stereocenters. The van der Waals surface area contributed by atoms with Crippen LogP contribution in [-0.4, -0.2) is 40.8 Å². The van der Waals surface area contributed by atoms with E-state index in [1.165, 1.54) is 32.8 Å². The molecule has 0 aliphatic rings. The Morgan fingerprint density at radius 2 is 1.76 bits per heavy atom. The number of fused-ring (bicyclic) bond motifs is 1. The van der Waals surface area contributed by atoms with Crippen molar-refractivity contribution in [2.45, 2.75) is 17.8 Å². The largest absolute Gasteiger partial charge is 0.497 e. The number of benzene rings is 1. The Morgan fingerprint density at radius 3 is 2.38 bits per heavy atom. The average Bonchev–Trinajstić information content (AvgIpc) is 3.04. The van der Waals surface area contributed by atoms with Crippen LogP contribution in [0.15, 0.2) is 32.9 Å². The fraction of sp³-hybridized carbons (Fsp3) is 0.389. The first-order valence-corrected chi connectivity index (χ1v) is 10.4. The molecule has 0 amide bonds. The predicted octanol–water partition coefficient (Wildman–Crippen LogP) is 0.352. The first-order valence-electron chi connectivity index (χ1n) is 8.77. The van der Waals surface area contributed by atoms with Crippen molar-refractivity contribution in [3.05, 3.63) is 44.6 Å². The highest BCUT2D eigenvalue weighted by molar-refractivity contribution is 7.90. The molecule has 1 aromatic carbocycles. The second-order valence-electron chi connectivity index (χ2n) is 6.50. The van der Waals surface area contributed by atoms with E-state index in [2.05, 4.69) is 4.98 Å². The maximum Gasteiger partial charge on any atom is 0.332 e. The first kappa shape index (κ1) is 20.6. The topological polar surface area (TPSA) is 114 Å². The Balaban J connectivity index is 2.19. The van der Waals surface area contributed by atoms with Gasteiger partial charge in [0, 0.05) is 26.7 Å². The fourth-order valence-corrected chi connectivity index (χ4v) is 4.64. The third-order valence-corrected chi connectivity index (χ3v) is 6.24. The summed E-state index contributed by atoms with van der Waals surface area (Å²) in [5.74, 6) is 0.490. The molecule has 0 unspecified atom stereocenters. The zero-order valence-corrected chi connectivity index (χ0v) is 17.6. The van der Waals surface area contributed by atoms with Gasteiger partial charge in [0.1, 0.15) is 11.5 Å². The van der Waals surface area contributed by atoms with Gasteiger partial charge >= 0.3 is 5.69 Å². The number of methoxy groups -OCH3 is 1. The van der Waals surface area contributed by atoms with Crippen molar-refractivity contribution in [3.63, 3.8) is 0 Å². The molecule has 3 aromatic rings. The van der Waals surface area contributed by atoms with Crippen LogP contribution in [0.5, 0.6) is 11.5 Å². The van der Waals surface area contributed by atoms with Crippen LogP contribution in [0.1, 0.15) is 12.5 Å². The normalized spacial score (nSPS) is 11.8. The third kappa shape index (κ3) is 3.41.